The Balaban J connectivity index is 2.41. The van der Waals surface area contributed by atoms with Gasteiger partial charge in [-0.2, -0.15) is 0 Å². The lowest BCUT2D eigenvalue weighted by Gasteiger charge is -2.16. The fraction of sp³-hybridized carbons (Fsp3) is 0.286. The van der Waals surface area contributed by atoms with Gasteiger partial charge in [0.15, 0.2) is 0 Å². The van der Waals surface area contributed by atoms with E-state index in [9.17, 15) is 13.5 Å². The van der Waals surface area contributed by atoms with Crippen LogP contribution in [-0.4, -0.2) is 39.9 Å². The lowest BCUT2D eigenvalue weighted by Crippen LogP contribution is -2.40. The first-order chi connectivity index (χ1) is 9.58. The SMILES string of the molecule is COCC(CO)NS(=O)(=O)c1cccc2ccccc12. The molecule has 20 heavy (non-hydrogen) atoms. The van der Waals surface area contributed by atoms with Gasteiger partial charge in [0.1, 0.15) is 0 Å². The van der Waals surface area contributed by atoms with Crippen LogP contribution in [0.5, 0.6) is 0 Å². The maximum atomic E-state index is 12.4. The van der Waals surface area contributed by atoms with Crippen LogP contribution in [0.15, 0.2) is 47.4 Å². The van der Waals surface area contributed by atoms with Crippen molar-refractivity contribution >= 4 is 20.8 Å². The Kier molecular flexibility index (Phi) is 4.72. The molecule has 0 aliphatic rings. The van der Waals surface area contributed by atoms with Crippen molar-refractivity contribution in [2.24, 2.45) is 0 Å². The first-order valence-corrected chi connectivity index (χ1v) is 7.66. The van der Waals surface area contributed by atoms with Crippen LogP contribution in [0, 0.1) is 0 Å². The molecule has 1 unspecified atom stereocenters. The molecule has 0 saturated carbocycles. The van der Waals surface area contributed by atoms with E-state index in [0.29, 0.717) is 5.39 Å². The molecule has 0 saturated heterocycles. The number of hydrogen-bond acceptors (Lipinski definition) is 4. The van der Waals surface area contributed by atoms with E-state index in [1.54, 1.807) is 24.3 Å². The standard InChI is InChI=1S/C14H17NO4S/c1-19-10-12(9-16)15-20(17,18)14-8-4-6-11-5-2-3-7-13(11)14/h2-8,12,15-16H,9-10H2,1H3. The fourth-order valence-electron chi connectivity index (χ4n) is 2.04. The third kappa shape index (κ3) is 3.16. The van der Waals surface area contributed by atoms with Crippen LogP contribution < -0.4 is 4.72 Å². The lowest BCUT2D eigenvalue weighted by atomic mass is 10.1. The number of rotatable bonds is 6. The van der Waals surface area contributed by atoms with Gasteiger partial charge in [0.05, 0.1) is 24.2 Å². The average molecular weight is 295 g/mol. The molecule has 0 spiro atoms. The maximum Gasteiger partial charge on any atom is 0.241 e. The van der Waals surface area contributed by atoms with Crippen molar-refractivity contribution in [3.8, 4) is 0 Å². The van der Waals surface area contributed by atoms with Crippen molar-refractivity contribution in [3.63, 3.8) is 0 Å². The van der Waals surface area contributed by atoms with Crippen molar-refractivity contribution in [3.05, 3.63) is 42.5 Å². The van der Waals surface area contributed by atoms with Crippen molar-refractivity contribution in [2.45, 2.75) is 10.9 Å². The van der Waals surface area contributed by atoms with E-state index in [0.717, 1.165) is 5.39 Å². The summed E-state index contributed by atoms with van der Waals surface area (Å²) in [6.45, 7) is -0.210. The second-order valence-electron chi connectivity index (χ2n) is 4.43. The second-order valence-corrected chi connectivity index (χ2v) is 6.12. The number of aliphatic hydroxyl groups excluding tert-OH is 1. The molecule has 0 radical (unpaired) electrons. The molecule has 0 aromatic heterocycles. The molecule has 0 amide bonds. The number of benzene rings is 2. The highest BCUT2D eigenvalue weighted by Gasteiger charge is 2.21. The van der Waals surface area contributed by atoms with Gasteiger partial charge in [-0.1, -0.05) is 36.4 Å². The van der Waals surface area contributed by atoms with Gasteiger partial charge in [-0.15, -0.1) is 0 Å². The summed E-state index contributed by atoms with van der Waals surface area (Å²) < 4.78 is 32.2. The molecule has 2 aromatic rings. The number of hydrogen-bond donors (Lipinski definition) is 2. The second kappa shape index (κ2) is 6.32. The Bertz CT molecular complexity index is 679. The summed E-state index contributed by atoms with van der Waals surface area (Å²) in [6, 6.07) is 11.7. The van der Waals surface area contributed by atoms with Crippen LogP contribution in [0.2, 0.25) is 0 Å². The molecule has 5 nitrogen and oxygen atoms in total. The van der Waals surface area contributed by atoms with Gasteiger partial charge < -0.3 is 9.84 Å². The van der Waals surface area contributed by atoms with E-state index >= 15 is 0 Å². The summed E-state index contributed by atoms with van der Waals surface area (Å²) in [5, 5.41) is 10.7. The number of methoxy groups -OCH3 is 1. The Morgan fingerprint density at radius 1 is 1.20 bits per heavy atom. The highest BCUT2D eigenvalue weighted by molar-refractivity contribution is 7.89. The third-order valence-electron chi connectivity index (χ3n) is 2.95. The average Bonchev–Trinajstić information content (AvgIpc) is 2.46. The number of fused-ring (bicyclic) bond motifs is 1. The Morgan fingerprint density at radius 2 is 1.90 bits per heavy atom. The molecule has 0 heterocycles. The summed E-state index contributed by atoms with van der Waals surface area (Å²) in [6.07, 6.45) is 0. The highest BCUT2D eigenvalue weighted by atomic mass is 32.2. The van der Waals surface area contributed by atoms with Crippen molar-refractivity contribution in [1.29, 1.82) is 0 Å². The summed E-state index contributed by atoms with van der Waals surface area (Å²) in [5.74, 6) is 0. The molecule has 1 atom stereocenters. The summed E-state index contributed by atoms with van der Waals surface area (Å²) >= 11 is 0. The van der Waals surface area contributed by atoms with E-state index in [1.807, 2.05) is 18.2 Å². The molecule has 0 bridgehead atoms. The van der Waals surface area contributed by atoms with Gasteiger partial charge >= 0.3 is 0 Å². The van der Waals surface area contributed by atoms with Crippen LogP contribution >= 0.6 is 0 Å². The number of aliphatic hydroxyl groups is 1. The summed E-state index contributed by atoms with van der Waals surface area (Å²) in [7, 11) is -2.26. The topological polar surface area (TPSA) is 75.6 Å². The molecule has 0 aliphatic heterocycles. The molecule has 108 valence electrons. The van der Waals surface area contributed by atoms with Crippen molar-refractivity contribution < 1.29 is 18.3 Å². The van der Waals surface area contributed by atoms with E-state index < -0.39 is 16.1 Å². The van der Waals surface area contributed by atoms with Gasteiger partial charge in [0.2, 0.25) is 10.0 Å². The van der Waals surface area contributed by atoms with Crippen LogP contribution in [0.25, 0.3) is 10.8 Å². The van der Waals surface area contributed by atoms with E-state index in [4.69, 9.17) is 4.74 Å². The summed E-state index contributed by atoms with van der Waals surface area (Å²) in [5.41, 5.74) is 0. The van der Waals surface area contributed by atoms with Gasteiger partial charge in [-0.25, -0.2) is 13.1 Å². The molecule has 2 rings (SSSR count). The first-order valence-electron chi connectivity index (χ1n) is 6.18. The minimum absolute atomic E-state index is 0.112. The van der Waals surface area contributed by atoms with E-state index in [-0.39, 0.29) is 18.1 Å². The van der Waals surface area contributed by atoms with E-state index in [2.05, 4.69) is 4.72 Å². The number of nitrogens with one attached hydrogen (secondary N) is 1. The van der Waals surface area contributed by atoms with Gasteiger partial charge in [-0.05, 0) is 11.5 Å². The Hall–Kier alpha value is -1.47. The van der Waals surface area contributed by atoms with Crippen molar-refractivity contribution in [1.82, 2.24) is 4.72 Å². The molecule has 6 heteroatoms. The zero-order chi connectivity index (χ0) is 14.6. The molecule has 0 fully saturated rings. The number of sulfonamides is 1. The zero-order valence-electron chi connectivity index (χ0n) is 11.1. The quantitative estimate of drug-likeness (QED) is 0.837. The molecule has 2 aromatic carbocycles. The van der Waals surface area contributed by atoms with Gasteiger partial charge in [0, 0.05) is 12.5 Å². The van der Waals surface area contributed by atoms with Crippen LogP contribution in [-0.2, 0) is 14.8 Å². The molecular formula is C14H17NO4S. The maximum absolute atomic E-state index is 12.4. The summed E-state index contributed by atoms with van der Waals surface area (Å²) in [4.78, 5) is 0.199. The molecule has 2 N–H and O–H groups in total. The number of ether oxygens (including phenoxy) is 1. The third-order valence-corrected chi connectivity index (χ3v) is 4.53. The minimum atomic E-state index is -3.71. The zero-order valence-corrected chi connectivity index (χ0v) is 11.9. The van der Waals surface area contributed by atoms with Crippen molar-refractivity contribution in [2.75, 3.05) is 20.3 Å². The van der Waals surface area contributed by atoms with E-state index in [1.165, 1.54) is 7.11 Å². The van der Waals surface area contributed by atoms with Gasteiger partial charge in [-0.3, -0.25) is 0 Å². The Morgan fingerprint density at radius 3 is 2.60 bits per heavy atom. The van der Waals surface area contributed by atoms with Crippen LogP contribution in [0.3, 0.4) is 0 Å². The fourth-order valence-corrected chi connectivity index (χ4v) is 3.48. The van der Waals surface area contributed by atoms with Crippen LogP contribution in [0.4, 0.5) is 0 Å². The van der Waals surface area contributed by atoms with Crippen LogP contribution in [0.1, 0.15) is 0 Å². The monoisotopic (exact) mass is 295 g/mol. The molecule has 0 aliphatic carbocycles. The van der Waals surface area contributed by atoms with Gasteiger partial charge in [0.25, 0.3) is 0 Å². The predicted octanol–water partition coefficient (Wildman–Crippen LogP) is 1.13. The lowest BCUT2D eigenvalue weighted by molar-refractivity contribution is 0.139. The highest BCUT2D eigenvalue weighted by Crippen LogP contribution is 2.22. The largest absolute Gasteiger partial charge is 0.395 e. The normalized spacial score (nSPS) is 13.5. The Labute approximate surface area is 118 Å². The predicted molar refractivity (Wildman–Crippen MR) is 77.0 cm³/mol. The first kappa shape index (κ1) is 14.9. The molecular weight excluding hydrogens is 278 g/mol. The smallest absolute Gasteiger partial charge is 0.241 e. The minimum Gasteiger partial charge on any atom is -0.395 e.